The summed E-state index contributed by atoms with van der Waals surface area (Å²) in [6.45, 7) is 4.33. The average molecular weight is 281 g/mol. The highest BCUT2D eigenvalue weighted by Gasteiger charge is 2.31. The van der Waals surface area contributed by atoms with Crippen LogP contribution < -0.4 is 5.32 Å². The van der Waals surface area contributed by atoms with E-state index in [0.717, 1.165) is 0 Å². The maximum atomic E-state index is 11.5. The maximum absolute atomic E-state index is 11.5. The van der Waals surface area contributed by atoms with E-state index in [2.05, 4.69) is 36.5 Å². The molecule has 0 amide bonds. The van der Waals surface area contributed by atoms with Crippen LogP contribution in [0.3, 0.4) is 0 Å². The van der Waals surface area contributed by atoms with Crippen LogP contribution in [0.2, 0.25) is 0 Å². The van der Waals surface area contributed by atoms with Crippen molar-refractivity contribution in [1.82, 2.24) is 5.32 Å². The van der Waals surface area contributed by atoms with Crippen LogP contribution in [0.25, 0.3) is 0 Å². The van der Waals surface area contributed by atoms with Crippen molar-refractivity contribution in [2.24, 2.45) is 5.92 Å². The summed E-state index contributed by atoms with van der Waals surface area (Å²) >= 11 is 0. The highest BCUT2D eigenvalue weighted by molar-refractivity contribution is 7.91. The van der Waals surface area contributed by atoms with Crippen LogP contribution in [0.5, 0.6) is 0 Å². The van der Waals surface area contributed by atoms with Gasteiger partial charge in [0.25, 0.3) is 0 Å². The van der Waals surface area contributed by atoms with E-state index in [0.29, 0.717) is 18.5 Å². The molecule has 0 bridgehead atoms. The van der Waals surface area contributed by atoms with Gasteiger partial charge < -0.3 is 5.32 Å². The molecule has 2 rings (SSSR count). The second-order valence-corrected chi connectivity index (χ2v) is 7.89. The first-order chi connectivity index (χ1) is 9.02. The molecule has 0 aromatic heterocycles. The molecule has 1 aliphatic rings. The van der Waals surface area contributed by atoms with Crippen molar-refractivity contribution in [2.45, 2.75) is 32.7 Å². The number of rotatable bonds is 7. The molecule has 106 valence electrons. The van der Waals surface area contributed by atoms with Crippen molar-refractivity contribution in [2.75, 3.05) is 18.1 Å². The van der Waals surface area contributed by atoms with Crippen LogP contribution in [-0.2, 0) is 9.84 Å². The molecule has 1 saturated carbocycles. The van der Waals surface area contributed by atoms with E-state index in [4.69, 9.17) is 0 Å². The van der Waals surface area contributed by atoms with Crippen molar-refractivity contribution in [3.63, 3.8) is 0 Å². The Morgan fingerprint density at radius 1 is 1.26 bits per heavy atom. The summed E-state index contributed by atoms with van der Waals surface area (Å²) in [6.07, 6.45) is 2.48. The highest BCUT2D eigenvalue weighted by Crippen LogP contribution is 2.40. The predicted octanol–water partition coefficient (Wildman–Crippen LogP) is 2.47. The first kappa shape index (κ1) is 14.5. The third kappa shape index (κ3) is 4.32. The van der Waals surface area contributed by atoms with Gasteiger partial charge in [-0.1, -0.05) is 36.8 Å². The fourth-order valence-electron chi connectivity index (χ4n) is 2.27. The van der Waals surface area contributed by atoms with Gasteiger partial charge in [0, 0.05) is 18.3 Å². The first-order valence-electron chi connectivity index (χ1n) is 7.02. The van der Waals surface area contributed by atoms with E-state index in [1.807, 2.05) is 0 Å². The van der Waals surface area contributed by atoms with Crippen molar-refractivity contribution in [3.05, 3.63) is 35.4 Å². The fourth-order valence-corrected chi connectivity index (χ4v) is 2.99. The van der Waals surface area contributed by atoms with Crippen LogP contribution in [0.1, 0.15) is 36.9 Å². The SMILES string of the molecule is CCS(=O)(=O)CCNC(c1ccc(C)cc1)C1CC1. The van der Waals surface area contributed by atoms with Gasteiger partial charge in [0.05, 0.1) is 5.75 Å². The van der Waals surface area contributed by atoms with Crippen LogP contribution in [0.15, 0.2) is 24.3 Å². The smallest absolute Gasteiger partial charge is 0.151 e. The number of sulfone groups is 1. The minimum Gasteiger partial charge on any atom is -0.309 e. The fraction of sp³-hybridized carbons (Fsp3) is 0.600. The summed E-state index contributed by atoms with van der Waals surface area (Å²) in [6, 6.07) is 8.86. The Morgan fingerprint density at radius 3 is 2.42 bits per heavy atom. The first-order valence-corrected chi connectivity index (χ1v) is 8.84. The second kappa shape index (κ2) is 6.06. The summed E-state index contributed by atoms with van der Waals surface area (Å²) in [5.41, 5.74) is 2.54. The molecular formula is C15H23NO2S. The summed E-state index contributed by atoms with van der Waals surface area (Å²) in [5, 5.41) is 3.43. The Kier molecular flexibility index (Phi) is 4.63. The highest BCUT2D eigenvalue weighted by atomic mass is 32.2. The number of hydrogen-bond acceptors (Lipinski definition) is 3. The number of hydrogen-bond donors (Lipinski definition) is 1. The Balaban J connectivity index is 1.96. The molecule has 0 heterocycles. The molecule has 4 heteroatoms. The second-order valence-electron chi connectivity index (χ2n) is 5.42. The Labute approximate surface area is 116 Å². The van der Waals surface area contributed by atoms with Crippen molar-refractivity contribution in [3.8, 4) is 0 Å². The molecule has 0 radical (unpaired) electrons. The van der Waals surface area contributed by atoms with E-state index in [1.54, 1.807) is 6.92 Å². The Morgan fingerprint density at radius 2 is 1.89 bits per heavy atom. The summed E-state index contributed by atoms with van der Waals surface area (Å²) in [5.74, 6) is 1.14. The largest absolute Gasteiger partial charge is 0.309 e. The normalized spacial score (nSPS) is 17.4. The lowest BCUT2D eigenvalue weighted by molar-refractivity contribution is 0.494. The summed E-state index contributed by atoms with van der Waals surface area (Å²) in [7, 11) is -2.87. The quantitative estimate of drug-likeness (QED) is 0.835. The van der Waals surface area contributed by atoms with E-state index in [1.165, 1.54) is 24.0 Å². The van der Waals surface area contributed by atoms with Crippen molar-refractivity contribution < 1.29 is 8.42 Å². The zero-order chi connectivity index (χ0) is 13.9. The average Bonchev–Trinajstić information content (AvgIpc) is 3.20. The van der Waals surface area contributed by atoms with Gasteiger partial charge in [-0.2, -0.15) is 0 Å². The monoisotopic (exact) mass is 281 g/mol. The van der Waals surface area contributed by atoms with Crippen LogP contribution in [0, 0.1) is 12.8 Å². The number of benzene rings is 1. The van der Waals surface area contributed by atoms with Gasteiger partial charge in [-0.05, 0) is 31.2 Å². The third-order valence-corrected chi connectivity index (χ3v) is 5.45. The number of aryl methyl sites for hydroxylation is 1. The van der Waals surface area contributed by atoms with Gasteiger partial charge in [-0.15, -0.1) is 0 Å². The molecule has 1 N–H and O–H groups in total. The molecule has 1 fully saturated rings. The standard InChI is InChI=1S/C15H23NO2S/c1-3-19(17,18)11-10-16-15(14-8-9-14)13-6-4-12(2)5-7-13/h4-7,14-16H,3,8-11H2,1-2H3. The molecule has 1 atom stereocenters. The molecule has 1 aliphatic carbocycles. The van der Waals surface area contributed by atoms with Crippen molar-refractivity contribution in [1.29, 1.82) is 0 Å². The van der Waals surface area contributed by atoms with Crippen LogP contribution in [0.4, 0.5) is 0 Å². The van der Waals surface area contributed by atoms with E-state index >= 15 is 0 Å². The summed E-state index contributed by atoms with van der Waals surface area (Å²) < 4.78 is 23.0. The molecule has 0 saturated heterocycles. The molecule has 19 heavy (non-hydrogen) atoms. The van der Waals surface area contributed by atoms with Gasteiger partial charge in [-0.3, -0.25) is 0 Å². The molecule has 0 aliphatic heterocycles. The predicted molar refractivity (Wildman–Crippen MR) is 79.0 cm³/mol. The summed E-state index contributed by atoms with van der Waals surface area (Å²) in [4.78, 5) is 0. The van der Waals surface area contributed by atoms with E-state index < -0.39 is 9.84 Å². The van der Waals surface area contributed by atoms with Gasteiger partial charge in [0.2, 0.25) is 0 Å². The van der Waals surface area contributed by atoms with E-state index in [9.17, 15) is 8.42 Å². The maximum Gasteiger partial charge on any atom is 0.151 e. The number of nitrogens with one attached hydrogen (secondary N) is 1. The molecule has 3 nitrogen and oxygen atoms in total. The molecule has 1 unspecified atom stereocenters. The Hall–Kier alpha value is -0.870. The van der Waals surface area contributed by atoms with Gasteiger partial charge in [0.15, 0.2) is 9.84 Å². The van der Waals surface area contributed by atoms with Crippen LogP contribution >= 0.6 is 0 Å². The lowest BCUT2D eigenvalue weighted by Gasteiger charge is -2.19. The molecule has 1 aromatic rings. The zero-order valence-electron chi connectivity index (χ0n) is 11.7. The van der Waals surface area contributed by atoms with E-state index in [-0.39, 0.29) is 11.5 Å². The van der Waals surface area contributed by atoms with Crippen LogP contribution in [-0.4, -0.2) is 26.5 Å². The van der Waals surface area contributed by atoms with Crippen molar-refractivity contribution >= 4 is 9.84 Å². The lowest BCUT2D eigenvalue weighted by atomic mass is 10.0. The molecule has 1 aromatic carbocycles. The topological polar surface area (TPSA) is 46.2 Å². The van der Waals surface area contributed by atoms with Gasteiger partial charge in [-0.25, -0.2) is 8.42 Å². The lowest BCUT2D eigenvalue weighted by Crippen LogP contribution is -2.29. The molecule has 0 spiro atoms. The molecular weight excluding hydrogens is 258 g/mol. The zero-order valence-corrected chi connectivity index (χ0v) is 12.5. The van der Waals surface area contributed by atoms with Gasteiger partial charge in [0.1, 0.15) is 0 Å². The Bertz CT molecular complexity index is 503. The minimum atomic E-state index is -2.87. The third-order valence-electron chi connectivity index (χ3n) is 3.75. The minimum absolute atomic E-state index is 0.229. The van der Waals surface area contributed by atoms with Gasteiger partial charge >= 0.3 is 0 Å².